The molecule has 0 amide bonds. The number of rotatable bonds is 4. The summed E-state index contributed by atoms with van der Waals surface area (Å²) in [7, 11) is 0. The molecule has 0 spiro atoms. The summed E-state index contributed by atoms with van der Waals surface area (Å²) in [5.41, 5.74) is 2.41. The van der Waals surface area contributed by atoms with Gasteiger partial charge in [-0.25, -0.2) is 0 Å². The average Bonchev–Trinajstić information content (AvgIpc) is 2.78. The summed E-state index contributed by atoms with van der Waals surface area (Å²) in [6.07, 6.45) is 0. The summed E-state index contributed by atoms with van der Waals surface area (Å²) in [4.78, 5) is 0. The molecule has 1 heterocycles. The van der Waals surface area contributed by atoms with Gasteiger partial charge in [0, 0.05) is 12.6 Å². The van der Waals surface area contributed by atoms with Gasteiger partial charge in [0.05, 0.1) is 0 Å². The minimum Gasteiger partial charge on any atom is -0.508 e. The van der Waals surface area contributed by atoms with Crippen LogP contribution in [-0.2, 0) is 6.54 Å². The summed E-state index contributed by atoms with van der Waals surface area (Å²) in [5.74, 6) is 0.321. The van der Waals surface area contributed by atoms with Gasteiger partial charge < -0.3 is 10.4 Å². The molecule has 1 aromatic carbocycles. The molecule has 1 unspecified atom stereocenters. The van der Waals surface area contributed by atoms with Gasteiger partial charge in [0.2, 0.25) is 0 Å². The zero-order chi connectivity index (χ0) is 11.4. The molecule has 0 aliphatic heterocycles. The highest BCUT2D eigenvalue weighted by Gasteiger charge is 2.05. The van der Waals surface area contributed by atoms with E-state index in [2.05, 4.69) is 29.1 Å². The third-order valence-electron chi connectivity index (χ3n) is 2.56. The molecule has 0 bridgehead atoms. The molecule has 0 saturated heterocycles. The molecule has 0 aliphatic carbocycles. The van der Waals surface area contributed by atoms with Crippen LogP contribution >= 0.6 is 11.3 Å². The van der Waals surface area contributed by atoms with Crippen LogP contribution in [0.15, 0.2) is 41.1 Å². The first-order valence-corrected chi connectivity index (χ1v) is 6.23. The van der Waals surface area contributed by atoms with Crippen LogP contribution in [-0.4, -0.2) is 5.11 Å². The maximum Gasteiger partial charge on any atom is 0.115 e. The molecule has 2 N–H and O–H groups in total. The lowest BCUT2D eigenvalue weighted by Gasteiger charge is -2.13. The molecule has 1 aromatic heterocycles. The Hall–Kier alpha value is -1.32. The minimum atomic E-state index is 0.243. The largest absolute Gasteiger partial charge is 0.508 e. The fourth-order valence-electron chi connectivity index (χ4n) is 1.58. The lowest BCUT2D eigenvalue weighted by molar-refractivity contribution is 0.472. The highest BCUT2D eigenvalue weighted by atomic mass is 32.1. The summed E-state index contributed by atoms with van der Waals surface area (Å²) in [6, 6.07) is 9.73. The van der Waals surface area contributed by atoms with Gasteiger partial charge in [-0.1, -0.05) is 12.1 Å². The van der Waals surface area contributed by atoms with Crippen molar-refractivity contribution in [3.05, 3.63) is 52.2 Å². The third-order valence-corrected chi connectivity index (χ3v) is 3.29. The molecular formula is C13H15NOS. The predicted octanol–water partition coefficient (Wildman–Crippen LogP) is 3.30. The smallest absolute Gasteiger partial charge is 0.115 e. The van der Waals surface area contributed by atoms with Crippen molar-refractivity contribution in [1.29, 1.82) is 0 Å². The van der Waals surface area contributed by atoms with Gasteiger partial charge in [-0.15, -0.1) is 0 Å². The predicted molar refractivity (Wildman–Crippen MR) is 67.7 cm³/mol. The molecule has 2 aromatic rings. The molecule has 1 atom stereocenters. The Balaban J connectivity index is 1.95. The van der Waals surface area contributed by atoms with Crippen LogP contribution in [0.4, 0.5) is 0 Å². The van der Waals surface area contributed by atoms with E-state index in [0.29, 0.717) is 5.75 Å². The first-order valence-electron chi connectivity index (χ1n) is 5.29. The second-order valence-electron chi connectivity index (χ2n) is 3.83. The standard InChI is InChI=1S/C13H15NOS/c1-10(12-3-2-4-13(15)7-12)14-8-11-5-6-16-9-11/h2-7,9-10,14-15H,8H2,1H3. The van der Waals surface area contributed by atoms with E-state index in [-0.39, 0.29) is 6.04 Å². The van der Waals surface area contributed by atoms with Crippen LogP contribution in [0.5, 0.6) is 5.75 Å². The molecule has 16 heavy (non-hydrogen) atoms. The van der Waals surface area contributed by atoms with Crippen molar-refractivity contribution in [1.82, 2.24) is 5.32 Å². The lowest BCUT2D eigenvalue weighted by Crippen LogP contribution is -2.17. The van der Waals surface area contributed by atoms with E-state index < -0.39 is 0 Å². The normalized spacial score (nSPS) is 12.6. The number of aromatic hydroxyl groups is 1. The van der Waals surface area contributed by atoms with Crippen molar-refractivity contribution in [3.8, 4) is 5.75 Å². The maximum atomic E-state index is 9.39. The molecular weight excluding hydrogens is 218 g/mol. The number of hydrogen-bond donors (Lipinski definition) is 2. The van der Waals surface area contributed by atoms with E-state index in [1.807, 2.05) is 12.1 Å². The van der Waals surface area contributed by atoms with Crippen molar-refractivity contribution in [2.75, 3.05) is 0 Å². The Morgan fingerprint density at radius 2 is 2.25 bits per heavy atom. The Labute approximate surface area is 99.6 Å². The van der Waals surface area contributed by atoms with Gasteiger partial charge in [-0.3, -0.25) is 0 Å². The van der Waals surface area contributed by atoms with E-state index in [1.54, 1.807) is 23.5 Å². The number of phenols is 1. The number of nitrogens with one attached hydrogen (secondary N) is 1. The van der Waals surface area contributed by atoms with Crippen LogP contribution in [0.25, 0.3) is 0 Å². The molecule has 0 radical (unpaired) electrons. The number of benzene rings is 1. The summed E-state index contributed by atoms with van der Waals surface area (Å²) in [5, 5.41) is 17.0. The first kappa shape index (κ1) is 11.2. The molecule has 84 valence electrons. The fraction of sp³-hybridized carbons (Fsp3) is 0.231. The van der Waals surface area contributed by atoms with E-state index in [0.717, 1.165) is 12.1 Å². The second-order valence-corrected chi connectivity index (χ2v) is 4.61. The maximum absolute atomic E-state index is 9.39. The Kier molecular flexibility index (Phi) is 3.59. The van der Waals surface area contributed by atoms with Gasteiger partial charge in [0.15, 0.2) is 0 Å². The number of hydrogen-bond acceptors (Lipinski definition) is 3. The average molecular weight is 233 g/mol. The van der Waals surface area contributed by atoms with E-state index >= 15 is 0 Å². The zero-order valence-corrected chi connectivity index (χ0v) is 10.00. The molecule has 0 aliphatic rings. The van der Waals surface area contributed by atoms with Crippen LogP contribution in [0, 0.1) is 0 Å². The monoisotopic (exact) mass is 233 g/mol. The first-order chi connectivity index (χ1) is 7.75. The van der Waals surface area contributed by atoms with Crippen molar-refractivity contribution >= 4 is 11.3 Å². The Morgan fingerprint density at radius 1 is 1.38 bits per heavy atom. The van der Waals surface area contributed by atoms with E-state index in [9.17, 15) is 5.11 Å². The van der Waals surface area contributed by atoms with E-state index in [1.165, 1.54) is 5.56 Å². The summed E-state index contributed by atoms with van der Waals surface area (Å²) in [6.45, 7) is 2.96. The minimum absolute atomic E-state index is 0.243. The van der Waals surface area contributed by atoms with Gasteiger partial charge >= 0.3 is 0 Å². The highest BCUT2D eigenvalue weighted by molar-refractivity contribution is 7.07. The quantitative estimate of drug-likeness (QED) is 0.849. The molecule has 3 heteroatoms. The van der Waals surface area contributed by atoms with Crippen LogP contribution in [0.1, 0.15) is 24.1 Å². The zero-order valence-electron chi connectivity index (χ0n) is 9.18. The van der Waals surface area contributed by atoms with Crippen molar-refractivity contribution < 1.29 is 5.11 Å². The molecule has 2 rings (SSSR count). The highest BCUT2D eigenvalue weighted by Crippen LogP contribution is 2.18. The van der Waals surface area contributed by atoms with Crippen molar-refractivity contribution in [3.63, 3.8) is 0 Å². The van der Waals surface area contributed by atoms with Gasteiger partial charge in [-0.05, 0) is 47.0 Å². The Morgan fingerprint density at radius 3 is 2.94 bits per heavy atom. The van der Waals surface area contributed by atoms with Crippen molar-refractivity contribution in [2.24, 2.45) is 0 Å². The van der Waals surface area contributed by atoms with Crippen LogP contribution in [0.3, 0.4) is 0 Å². The third kappa shape index (κ3) is 2.84. The van der Waals surface area contributed by atoms with E-state index in [4.69, 9.17) is 0 Å². The van der Waals surface area contributed by atoms with Crippen molar-refractivity contribution in [2.45, 2.75) is 19.5 Å². The van der Waals surface area contributed by atoms with Gasteiger partial charge in [-0.2, -0.15) is 11.3 Å². The number of thiophene rings is 1. The summed E-state index contributed by atoms with van der Waals surface area (Å²) >= 11 is 1.71. The van der Waals surface area contributed by atoms with Gasteiger partial charge in [0.1, 0.15) is 5.75 Å². The molecule has 2 nitrogen and oxygen atoms in total. The van der Waals surface area contributed by atoms with Gasteiger partial charge in [0.25, 0.3) is 0 Å². The molecule has 0 saturated carbocycles. The summed E-state index contributed by atoms with van der Waals surface area (Å²) < 4.78 is 0. The fourth-order valence-corrected chi connectivity index (χ4v) is 2.24. The second kappa shape index (κ2) is 5.14. The molecule has 0 fully saturated rings. The lowest BCUT2D eigenvalue weighted by atomic mass is 10.1. The van der Waals surface area contributed by atoms with Crippen LogP contribution < -0.4 is 5.32 Å². The van der Waals surface area contributed by atoms with Crippen LogP contribution in [0.2, 0.25) is 0 Å². The SMILES string of the molecule is CC(NCc1ccsc1)c1cccc(O)c1. The topological polar surface area (TPSA) is 32.3 Å². The number of phenolic OH excluding ortho intramolecular Hbond substituents is 1. The Bertz CT molecular complexity index is 439.